The third-order valence-corrected chi connectivity index (χ3v) is 5.44. The van der Waals surface area contributed by atoms with Gasteiger partial charge in [0.25, 0.3) is 0 Å². The summed E-state index contributed by atoms with van der Waals surface area (Å²) in [6.07, 6.45) is 6.92. The Morgan fingerprint density at radius 1 is 0.957 bits per heavy atom. The van der Waals surface area contributed by atoms with Crippen LogP contribution >= 0.6 is 0 Å². The van der Waals surface area contributed by atoms with Gasteiger partial charge in [-0.15, -0.1) is 11.1 Å². The molecule has 0 amide bonds. The van der Waals surface area contributed by atoms with Gasteiger partial charge < -0.3 is 0 Å². The van der Waals surface area contributed by atoms with Crippen LogP contribution in [0, 0.1) is 31.7 Å². The van der Waals surface area contributed by atoms with Gasteiger partial charge in [-0.1, -0.05) is 57.9 Å². The minimum absolute atomic E-state index is 0. The summed E-state index contributed by atoms with van der Waals surface area (Å²) in [4.78, 5) is 0. The van der Waals surface area contributed by atoms with E-state index in [1.54, 1.807) is 0 Å². The van der Waals surface area contributed by atoms with Crippen molar-refractivity contribution in [3.05, 3.63) is 59.2 Å². The Morgan fingerprint density at radius 3 is 2.26 bits per heavy atom. The Labute approximate surface area is 190 Å². The van der Waals surface area contributed by atoms with E-state index in [2.05, 4.69) is 57.2 Å². The summed E-state index contributed by atoms with van der Waals surface area (Å²) < 4.78 is 0. The zero-order chi connectivity index (χ0) is 15.5. The van der Waals surface area contributed by atoms with E-state index in [0.717, 1.165) is 11.8 Å². The Balaban J connectivity index is 0.00000192. The third kappa shape index (κ3) is 5.11. The second-order valence-corrected chi connectivity index (χ2v) is 7.17. The molecule has 0 saturated heterocycles. The molecule has 1 heteroatoms. The zero-order valence-electron chi connectivity index (χ0n) is 15.2. The van der Waals surface area contributed by atoms with Crippen molar-refractivity contribution in [3.63, 3.8) is 0 Å². The fourth-order valence-electron chi connectivity index (χ4n) is 3.68. The molecule has 0 nitrogen and oxygen atoms in total. The van der Waals surface area contributed by atoms with Crippen molar-refractivity contribution >= 4 is 0 Å². The average Bonchev–Trinajstić information content (AvgIpc) is 2.53. The topological polar surface area (TPSA) is 0 Å². The minimum atomic E-state index is 0. The molecule has 0 atom stereocenters. The van der Waals surface area contributed by atoms with Crippen molar-refractivity contribution in [1.29, 1.82) is 0 Å². The first-order valence-electron chi connectivity index (χ1n) is 8.70. The molecular formula is C22H27Rb. The first-order chi connectivity index (χ1) is 10.6. The molecule has 0 bridgehead atoms. The molecule has 1 saturated carbocycles. The van der Waals surface area contributed by atoms with Crippen LogP contribution in [0.1, 0.15) is 49.3 Å². The molecule has 1 aliphatic rings. The fraction of sp³-hybridized carbons (Fsp3) is 0.455. The zero-order valence-corrected chi connectivity index (χ0v) is 20.1. The van der Waals surface area contributed by atoms with E-state index in [4.69, 9.17) is 0 Å². The van der Waals surface area contributed by atoms with Gasteiger partial charge in [0.1, 0.15) is 0 Å². The van der Waals surface area contributed by atoms with Crippen molar-refractivity contribution in [2.75, 3.05) is 0 Å². The molecule has 0 radical (unpaired) electrons. The van der Waals surface area contributed by atoms with Gasteiger partial charge in [-0.25, -0.2) is 0 Å². The van der Waals surface area contributed by atoms with Crippen LogP contribution in [-0.4, -0.2) is 0 Å². The standard InChI is InChI=1S/C22H27.Rb/c1-16-7-9-19(10-8-16)15-20-11-13-21(14-12-20)22-6-4-5-17(2)18(22)3;/h4,6,11-14,16,19H,7-10,15H2,1-3H3;/q-1;+1. The normalized spacial score (nSPS) is 20.8. The van der Waals surface area contributed by atoms with Gasteiger partial charge in [0.15, 0.2) is 0 Å². The third-order valence-electron chi connectivity index (χ3n) is 5.44. The molecule has 1 fully saturated rings. The number of hydrogen-bond acceptors (Lipinski definition) is 0. The molecule has 2 aromatic rings. The van der Waals surface area contributed by atoms with Crippen molar-refractivity contribution in [3.8, 4) is 11.1 Å². The molecule has 3 rings (SSSR count). The number of rotatable bonds is 3. The van der Waals surface area contributed by atoms with Gasteiger partial charge in [-0.3, -0.25) is 0 Å². The van der Waals surface area contributed by atoms with Crippen LogP contribution in [0.15, 0.2) is 36.4 Å². The predicted octanol–water partition coefficient (Wildman–Crippen LogP) is 3.14. The molecule has 0 unspecified atom stereocenters. The summed E-state index contributed by atoms with van der Waals surface area (Å²) >= 11 is 0. The Morgan fingerprint density at radius 2 is 1.61 bits per heavy atom. The van der Waals surface area contributed by atoms with E-state index in [-0.39, 0.29) is 58.2 Å². The Kier molecular flexibility index (Phi) is 7.73. The van der Waals surface area contributed by atoms with Crippen LogP contribution in [0.25, 0.3) is 11.1 Å². The largest absolute Gasteiger partial charge is 1.00 e. The monoisotopic (exact) mass is 376 g/mol. The second kappa shape index (κ2) is 9.08. The van der Waals surface area contributed by atoms with E-state index >= 15 is 0 Å². The fourth-order valence-corrected chi connectivity index (χ4v) is 3.68. The molecule has 1 aliphatic carbocycles. The maximum Gasteiger partial charge on any atom is 1.00 e. The summed E-state index contributed by atoms with van der Waals surface area (Å²) in [6, 6.07) is 16.7. The van der Waals surface area contributed by atoms with E-state index in [1.807, 2.05) is 6.07 Å². The quantitative estimate of drug-likeness (QED) is 0.722. The summed E-state index contributed by atoms with van der Waals surface area (Å²) in [6.45, 7) is 6.72. The van der Waals surface area contributed by atoms with E-state index < -0.39 is 0 Å². The minimum Gasteiger partial charge on any atom is -0.180 e. The van der Waals surface area contributed by atoms with Crippen LogP contribution in [0.2, 0.25) is 0 Å². The smallest absolute Gasteiger partial charge is 0.180 e. The van der Waals surface area contributed by atoms with E-state index in [9.17, 15) is 0 Å². The summed E-state index contributed by atoms with van der Waals surface area (Å²) in [5.41, 5.74) is 6.76. The first kappa shape index (κ1) is 19.6. The van der Waals surface area contributed by atoms with Gasteiger partial charge in [-0.05, 0) is 42.2 Å². The molecule has 116 valence electrons. The van der Waals surface area contributed by atoms with Crippen LogP contribution in [0.4, 0.5) is 0 Å². The van der Waals surface area contributed by atoms with E-state index in [1.165, 1.54) is 59.9 Å². The first-order valence-corrected chi connectivity index (χ1v) is 8.70. The average molecular weight is 377 g/mol. The van der Waals surface area contributed by atoms with Gasteiger partial charge in [-0.2, -0.15) is 23.8 Å². The number of aryl methyl sites for hydroxylation is 1. The van der Waals surface area contributed by atoms with Crippen LogP contribution < -0.4 is 58.2 Å². The van der Waals surface area contributed by atoms with Crippen LogP contribution in [0.3, 0.4) is 0 Å². The molecular weight excluding hydrogens is 350 g/mol. The predicted molar refractivity (Wildman–Crippen MR) is 95.0 cm³/mol. The van der Waals surface area contributed by atoms with Crippen LogP contribution in [0.5, 0.6) is 0 Å². The maximum absolute atomic E-state index is 3.28. The molecule has 0 spiro atoms. The number of benzene rings is 2. The molecule has 0 aliphatic heterocycles. The SMILES string of the molecule is Cc1[c-]ccc(-c2ccc(CC3CCC(C)CC3)cc2)c1C.[Rb+]. The molecule has 0 aromatic heterocycles. The summed E-state index contributed by atoms with van der Waals surface area (Å²) in [5, 5.41) is 0. The van der Waals surface area contributed by atoms with Gasteiger partial charge >= 0.3 is 58.2 Å². The molecule has 2 aromatic carbocycles. The molecule has 23 heavy (non-hydrogen) atoms. The van der Waals surface area contributed by atoms with Gasteiger partial charge in [0.05, 0.1) is 0 Å². The van der Waals surface area contributed by atoms with Gasteiger partial charge in [0, 0.05) is 0 Å². The maximum atomic E-state index is 3.28. The van der Waals surface area contributed by atoms with E-state index in [0.29, 0.717) is 0 Å². The van der Waals surface area contributed by atoms with Crippen molar-refractivity contribution < 1.29 is 58.2 Å². The van der Waals surface area contributed by atoms with Crippen molar-refractivity contribution in [2.24, 2.45) is 11.8 Å². The molecule has 0 heterocycles. The summed E-state index contributed by atoms with van der Waals surface area (Å²) in [7, 11) is 0. The van der Waals surface area contributed by atoms with Gasteiger partial charge in [0.2, 0.25) is 0 Å². The van der Waals surface area contributed by atoms with Crippen molar-refractivity contribution in [1.82, 2.24) is 0 Å². The Hall–Kier alpha value is 0.245. The molecule has 0 N–H and O–H groups in total. The Bertz CT molecular complexity index is 619. The second-order valence-electron chi connectivity index (χ2n) is 7.17. The van der Waals surface area contributed by atoms with Crippen molar-refractivity contribution in [2.45, 2.75) is 52.9 Å². The summed E-state index contributed by atoms with van der Waals surface area (Å²) in [5.74, 6) is 1.84. The number of hydrogen-bond donors (Lipinski definition) is 0. The van der Waals surface area contributed by atoms with Crippen LogP contribution in [-0.2, 0) is 6.42 Å².